The maximum Gasteiger partial charge on any atom is 0.264 e. The van der Waals surface area contributed by atoms with E-state index in [1.165, 1.54) is 19.4 Å². The fourth-order valence-electron chi connectivity index (χ4n) is 2.84. The Kier molecular flexibility index (Phi) is 4.63. The van der Waals surface area contributed by atoms with Crippen molar-refractivity contribution >= 4 is 21.2 Å². The number of sulfonamides is 1. The van der Waals surface area contributed by atoms with Gasteiger partial charge >= 0.3 is 0 Å². The van der Waals surface area contributed by atoms with Crippen molar-refractivity contribution in [2.45, 2.75) is 4.90 Å². The van der Waals surface area contributed by atoms with Crippen LogP contribution in [0.1, 0.15) is 0 Å². The minimum atomic E-state index is -4.34. The van der Waals surface area contributed by atoms with E-state index in [0.29, 0.717) is 11.6 Å². The summed E-state index contributed by atoms with van der Waals surface area (Å²) < 4.78 is 61.4. The number of halogens is 2. The predicted octanol–water partition coefficient (Wildman–Crippen LogP) is 3.48. The van der Waals surface area contributed by atoms with E-state index in [1.54, 1.807) is 23.0 Å². The molecule has 0 atom stereocenters. The monoisotopic (exact) mass is 416 g/mol. The molecule has 0 fully saturated rings. The summed E-state index contributed by atoms with van der Waals surface area (Å²) in [5.74, 6) is -2.07. The predicted molar refractivity (Wildman–Crippen MR) is 102 cm³/mol. The van der Waals surface area contributed by atoms with Gasteiger partial charge in [-0.15, -0.1) is 0 Å². The Hall–Kier alpha value is -3.53. The molecule has 0 aliphatic rings. The average molecular weight is 416 g/mol. The molecule has 0 spiro atoms. The van der Waals surface area contributed by atoms with Crippen LogP contribution in [0.4, 0.5) is 14.5 Å². The lowest BCUT2D eigenvalue weighted by Crippen LogP contribution is -2.15. The van der Waals surface area contributed by atoms with Crippen LogP contribution in [-0.2, 0) is 10.0 Å². The van der Waals surface area contributed by atoms with Crippen LogP contribution in [0.15, 0.2) is 66.0 Å². The Morgan fingerprint density at radius 1 is 1.07 bits per heavy atom. The van der Waals surface area contributed by atoms with E-state index in [2.05, 4.69) is 14.8 Å². The number of methoxy groups -OCH3 is 1. The first-order valence-electron chi connectivity index (χ1n) is 8.33. The summed E-state index contributed by atoms with van der Waals surface area (Å²) in [7, 11) is -3.01. The number of nitrogens with zero attached hydrogens (tertiary/aromatic N) is 3. The summed E-state index contributed by atoms with van der Waals surface area (Å²) in [5, 5.41) is 4.12. The lowest BCUT2D eigenvalue weighted by atomic mass is 10.1. The Balaban J connectivity index is 1.75. The van der Waals surface area contributed by atoms with E-state index in [1.807, 2.05) is 12.1 Å². The van der Waals surface area contributed by atoms with Gasteiger partial charge in [-0.2, -0.15) is 5.10 Å². The van der Waals surface area contributed by atoms with Gasteiger partial charge in [0.15, 0.2) is 0 Å². The third kappa shape index (κ3) is 3.61. The molecule has 0 saturated carbocycles. The molecule has 1 aromatic carbocycles. The van der Waals surface area contributed by atoms with E-state index in [0.717, 1.165) is 23.2 Å². The number of hydrogen-bond donors (Lipinski definition) is 1. The van der Waals surface area contributed by atoms with Gasteiger partial charge in [-0.05, 0) is 42.0 Å². The van der Waals surface area contributed by atoms with Crippen molar-refractivity contribution in [3.05, 3.63) is 72.7 Å². The van der Waals surface area contributed by atoms with Gasteiger partial charge in [0.2, 0.25) is 5.88 Å². The zero-order valence-corrected chi connectivity index (χ0v) is 15.8. The van der Waals surface area contributed by atoms with Gasteiger partial charge in [0.05, 0.1) is 12.6 Å². The number of benzene rings is 1. The third-order valence-electron chi connectivity index (χ3n) is 4.21. The van der Waals surface area contributed by atoms with Gasteiger partial charge in [-0.25, -0.2) is 26.7 Å². The molecule has 0 amide bonds. The number of ether oxygens (including phenoxy) is 1. The number of fused-ring (bicyclic) bond motifs is 1. The first kappa shape index (κ1) is 18.8. The van der Waals surface area contributed by atoms with E-state index in [-0.39, 0.29) is 11.6 Å². The van der Waals surface area contributed by atoms with Gasteiger partial charge < -0.3 is 4.74 Å². The van der Waals surface area contributed by atoms with Gasteiger partial charge in [-0.1, -0.05) is 0 Å². The van der Waals surface area contributed by atoms with Crippen molar-refractivity contribution in [1.29, 1.82) is 0 Å². The molecule has 0 bridgehead atoms. The normalized spacial score (nSPS) is 11.6. The summed E-state index contributed by atoms with van der Waals surface area (Å²) in [6, 6.07) is 9.21. The second-order valence-corrected chi connectivity index (χ2v) is 7.73. The largest absolute Gasteiger partial charge is 0.480 e. The third-order valence-corrected chi connectivity index (χ3v) is 5.60. The number of hydrogen-bond acceptors (Lipinski definition) is 5. The number of rotatable bonds is 5. The average Bonchev–Trinajstić information content (AvgIpc) is 3.15. The molecule has 3 aromatic heterocycles. The van der Waals surface area contributed by atoms with Crippen LogP contribution in [0.3, 0.4) is 0 Å². The Morgan fingerprint density at radius 2 is 1.90 bits per heavy atom. The molecule has 0 aliphatic heterocycles. The summed E-state index contributed by atoms with van der Waals surface area (Å²) in [6.45, 7) is 0. The Labute approximate surface area is 164 Å². The van der Waals surface area contributed by atoms with Crippen LogP contribution in [0.25, 0.3) is 16.6 Å². The first-order valence-corrected chi connectivity index (χ1v) is 9.81. The molecule has 0 aliphatic carbocycles. The minimum absolute atomic E-state index is 0.00488. The van der Waals surface area contributed by atoms with Crippen molar-refractivity contribution in [3.8, 4) is 17.0 Å². The highest BCUT2D eigenvalue weighted by Crippen LogP contribution is 2.31. The Morgan fingerprint density at radius 3 is 2.66 bits per heavy atom. The number of nitrogens with one attached hydrogen (secondary N) is 1. The topological polar surface area (TPSA) is 85.6 Å². The van der Waals surface area contributed by atoms with Crippen molar-refractivity contribution in [3.63, 3.8) is 0 Å². The quantitative estimate of drug-likeness (QED) is 0.538. The van der Waals surface area contributed by atoms with E-state index in [4.69, 9.17) is 4.74 Å². The zero-order valence-electron chi connectivity index (χ0n) is 15.0. The van der Waals surface area contributed by atoms with Crippen LogP contribution in [0, 0.1) is 11.6 Å². The maximum atomic E-state index is 14.0. The maximum absolute atomic E-state index is 14.0. The summed E-state index contributed by atoms with van der Waals surface area (Å²) in [6.07, 6.45) is 4.94. The fourth-order valence-corrected chi connectivity index (χ4v) is 3.95. The van der Waals surface area contributed by atoms with Crippen molar-refractivity contribution in [1.82, 2.24) is 14.6 Å². The van der Waals surface area contributed by atoms with Gasteiger partial charge in [-0.3, -0.25) is 4.72 Å². The molecule has 1 N–H and O–H groups in total. The molecule has 4 aromatic rings. The molecule has 0 saturated heterocycles. The Bertz CT molecular complexity index is 1320. The standard InChI is InChI=1S/C19H14F2N4O3S/c1-28-19-17(24-29(26,27)18-3-2-14(20)10-16(18)21)9-13(11-22-19)12-5-7-25-15(8-12)4-6-23-25/h2-11,24H,1H3. The minimum Gasteiger partial charge on any atom is -0.480 e. The highest BCUT2D eigenvalue weighted by atomic mass is 32.2. The number of anilines is 1. The molecule has 148 valence electrons. The van der Waals surface area contributed by atoms with Gasteiger partial charge in [0.25, 0.3) is 10.0 Å². The smallest absolute Gasteiger partial charge is 0.264 e. The van der Waals surface area contributed by atoms with E-state index < -0.39 is 26.6 Å². The summed E-state index contributed by atoms with van der Waals surface area (Å²) >= 11 is 0. The second-order valence-electron chi connectivity index (χ2n) is 6.08. The lowest BCUT2D eigenvalue weighted by Gasteiger charge is -2.13. The van der Waals surface area contributed by atoms with Crippen LogP contribution < -0.4 is 9.46 Å². The molecule has 7 nitrogen and oxygen atoms in total. The van der Waals surface area contributed by atoms with Gasteiger partial charge in [0.1, 0.15) is 22.2 Å². The summed E-state index contributed by atoms with van der Waals surface area (Å²) in [5.41, 5.74) is 2.23. The van der Waals surface area contributed by atoms with E-state index in [9.17, 15) is 17.2 Å². The molecular weight excluding hydrogens is 402 g/mol. The SMILES string of the molecule is COc1ncc(-c2ccn3nccc3c2)cc1NS(=O)(=O)c1ccc(F)cc1F. The van der Waals surface area contributed by atoms with Crippen LogP contribution in [0.2, 0.25) is 0 Å². The van der Waals surface area contributed by atoms with Gasteiger partial charge in [0, 0.05) is 30.2 Å². The number of pyridine rings is 2. The van der Waals surface area contributed by atoms with Crippen molar-refractivity contribution in [2.24, 2.45) is 0 Å². The lowest BCUT2D eigenvalue weighted by molar-refractivity contribution is 0.400. The molecule has 10 heteroatoms. The van der Waals surface area contributed by atoms with Crippen LogP contribution in [-0.4, -0.2) is 30.1 Å². The zero-order chi connectivity index (χ0) is 20.6. The van der Waals surface area contributed by atoms with Crippen LogP contribution in [0.5, 0.6) is 5.88 Å². The second kappa shape index (κ2) is 7.13. The molecule has 0 radical (unpaired) electrons. The molecular formula is C19H14F2N4O3S. The molecule has 4 rings (SSSR count). The highest BCUT2D eigenvalue weighted by molar-refractivity contribution is 7.92. The number of aromatic nitrogens is 3. The molecule has 3 heterocycles. The highest BCUT2D eigenvalue weighted by Gasteiger charge is 2.22. The first-order chi connectivity index (χ1) is 13.9. The van der Waals surface area contributed by atoms with Crippen molar-refractivity contribution in [2.75, 3.05) is 11.8 Å². The fraction of sp³-hybridized carbons (Fsp3) is 0.0526. The van der Waals surface area contributed by atoms with Crippen molar-refractivity contribution < 1.29 is 21.9 Å². The molecule has 29 heavy (non-hydrogen) atoms. The summed E-state index contributed by atoms with van der Waals surface area (Å²) in [4.78, 5) is 3.44. The molecule has 0 unspecified atom stereocenters. The van der Waals surface area contributed by atoms with E-state index >= 15 is 0 Å². The van der Waals surface area contributed by atoms with Crippen LogP contribution >= 0.6 is 0 Å².